The van der Waals surface area contributed by atoms with Crippen LogP contribution in [0.2, 0.25) is 0 Å². The highest BCUT2D eigenvalue weighted by atomic mass is 19.3. The summed E-state index contributed by atoms with van der Waals surface area (Å²) in [4.78, 5) is 135. The van der Waals surface area contributed by atoms with Crippen molar-refractivity contribution in [1.82, 2.24) is 56.4 Å². The van der Waals surface area contributed by atoms with E-state index < -0.39 is 84.3 Å². The van der Waals surface area contributed by atoms with Gasteiger partial charge in [0.2, 0.25) is 29.5 Å². The van der Waals surface area contributed by atoms with E-state index in [-0.39, 0.29) is 141 Å². The molecule has 1 aliphatic rings. The molecule has 0 saturated heterocycles. The lowest BCUT2D eigenvalue weighted by atomic mass is 10.0. The van der Waals surface area contributed by atoms with Crippen molar-refractivity contribution in [2.24, 2.45) is 17.4 Å². The third kappa shape index (κ3) is 23.7. The number of carboxylic acids is 1. The highest BCUT2D eigenvalue weighted by molar-refractivity contribution is 6.12. The number of hydrogen-bond donors (Lipinski definition) is 10. The Morgan fingerprint density at radius 3 is 2.05 bits per heavy atom. The lowest BCUT2D eigenvalue weighted by molar-refractivity contribution is -0.139. The third-order valence-corrected chi connectivity index (χ3v) is 13.3. The molecule has 32 heteroatoms. The van der Waals surface area contributed by atoms with Crippen molar-refractivity contribution in [3.8, 4) is 28.5 Å². The molecule has 6 rings (SSSR count). The van der Waals surface area contributed by atoms with Gasteiger partial charge in [-0.1, -0.05) is 38.1 Å². The Hall–Kier alpha value is -9.63. The first-order valence-corrected chi connectivity index (χ1v) is 29.0. The highest BCUT2D eigenvalue weighted by Gasteiger charge is 2.32. The maximum atomic E-state index is 13.9. The van der Waals surface area contributed by atoms with E-state index in [0.29, 0.717) is 45.1 Å². The van der Waals surface area contributed by atoms with Gasteiger partial charge >= 0.3 is 18.1 Å². The predicted octanol–water partition coefficient (Wildman–Crippen LogP) is 2.53. The van der Waals surface area contributed by atoms with Crippen molar-refractivity contribution in [3.63, 3.8) is 0 Å². The number of fused-ring (bicyclic) bond motifs is 1. The van der Waals surface area contributed by atoms with Crippen LogP contribution in [-0.4, -0.2) is 186 Å². The quantitative estimate of drug-likeness (QED) is 0.0199. The second-order valence-corrected chi connectivity index (χ2v) is 20.4. The maximum absolute atomic E-state index is 13.9. The molecule has 3 aromatic heterocycles. The molecular formula is C59H74F2N14O16. The summed E-state index contributed by atoms with van der Waals surface area (Å²) in [6.07, 6.45) is -0.551. The zero-order valence-electron chi connectivity index (χ0n) is 50.0. The van der Waals surface area contributed by atoms with E-state index in [1.165, 1.54) is 30.5 Å². The number of benzene rings is 2. The number of alkyl carbamates (subject to hydrolysis) is 1. The molecule has 0 fully saturated rings. The SMILES string of the molecule is CC(C)[C@H](NC(=O)[C@H](CCC(=O)O)NC(=O)CCOCCOCCOCCOCCN1C(=O)C=CC1=O)C(=O)N[C@@H](CCCNC(N)=O)C(=O)Nc1ccc(COC(=O)NCCOc2cnc3ccc(-c4[nH]c(CN)nc4-c4cccc(C(F)F)n4)cc3n2)cc1. The molecule has 3 atom stereocenters. The molecule has 4 heterocycles. The van der Waals surface area contributed by atoms with Gasteiger partial charge in [-0.3, -0.25) is 38.5 Å². The number of imidazole rings is 1. The van der Waals surface area contributed by atoms with Crippen LogP contribution in [0.15, 0.2) is 79.0 Å². The van der Waals surface area contributed by atoms with Crippen molar-refractivity contribution < 1.29 is 85.5 Å². The van der Waals surface area contributed by atoms with Gasteiger partial charge in [-0.2, -0.15) is 0 Å². The number of nitrogens with zero attached hydrogens (tertiary/aromatic N) is 5. The molecule has 5 aromatic rings. The Labute approximate surface area is 520 Å². The number of pyridine rings is 1. The van der Waals surface area contributed by atoms with E-state index in [4.69, 9.17) is 39.9 Å². The third-order valence-electron chi connectivity index (χ3n) is 13.3. The number of nitrogens with one attached hydrogen (secondary N) is 7. The summed E-state index contributed by atoms with van der Waals surface area (Å²) in [6, 6.07) is 11.1. The fourth-order valence-electron chi connectivity index (χ4n) is 8.63. The molecular weight excluding hydrogens is 1200 g/mol. The molecule has 0 saturated carbocycles. The van der Waals surface area contributed by atoms with Gasteiger partial charge in [0.15, 0.2) is 0 Å². The first-order valence-electron chi connectivity index (χ1n) is 29.0. The van der Waals surface area contributed by atoms with Gasteiger partial charge in [0.25, 0.3) is 18.2 Å². The van der Waals surface area contributed by atoms with Crippen LogP contribution in [0.4, 0.5) is 24.1 Å². The Morgan fingerprint density at radius 2 is 1.40 bits per heavy atom. The largest absolute Gasteiger partial charge is 0.481 e. The molecule has 0 unspecified atom stereocenters. The summed E-state index contributed by atoms with van der Waals surface area (Å²) in [5.41, 5.74) is 14.1. The lowest BCUT2D eigenvalue weighted by Gasteiger charge is -2.27. The second-order valence-electron chi connectivity index (χ2n) is 20.4. The number of carbonyl (C=O) groups is 9. The number of halogens is 2. The molecule has 490 valence electrons. The molecule has 0 radical (unpaired) electrons. The highest BCUT2D eigenvalue weighted by Crippen LogP contribution is 2.32. The van der Waals surface area contributed by atoms with Crippen molar-refractivity contribution in [2.75, 3.05) is 84.4 Å². The smallest absolute Gasteiger partial charge is 0.407 e. The van der Waals surface area contributed by atoms with Gasteiger partial charge in [0, 0.05) is 42.8 Å². The number of alkyl halides is 2. The number of amides is 9. The van der Waals surface area contributed by atoms with Gasteiger partial charge in [-0.05, 0) is 67.1 Å². The predicted molar refractivity (Wildman–Crippen MR) is 320 cm³/mol. The van der Waals surface area contributed by atoms with Crippen molar-refractivity contribution >= 4 is 70.3 Å². The summed E-state index contributed by atoms with van der Waals surface area (Å²) in [5, 5.41) is 24.9. The standard InChI is InChI=1S/C59H74F2N14O16/c1-35(2)51(74-56(82)43(14-17-50(79)80)69-46(76)18-22-86-25-27-88-29-30-89-28-26-87-24-21-75-48(77)15-16-49(75)78)57(83)71-42(7-4-19-64-58(63)84)55(81)67-38-11-8-36(9-12-38)34-91-59(85)65-20-23-90-47-33-66-39-13-10-37(31-44(39)70-47)52-53(73-45(32-62)72-52)40-5-3-6-41(68-40)54(60)61/h3,5-6,8-13,15-16,31,33,35,42-43,51,54H,4,7,14,17-30,32,34,62H2,1-2H3,(H,65,85)(H,67,81)(H,69,76)(H,71,83)(H,72,73)(H,74,82)(H,79,80)(H3,63,64,84)/t42-,43-,51-/m0/s1. The summed E-state index contributed by atoms with van der Waals surface area (Å²) in [5.74, 6) is -4.93. The number of rotatable bonds is 40. The first kappa shape index (κ1) is 70.5. The molecule has 1 aliphatic heterocycles. The van der Waals surface area contributed by atoms with Gasteiger partial charge in [0.1, 0.15) is 48.6 Å². The molecule has 0 aliphatic carbocycles. The number of carboxylic acid groups (broad SMARTS) is 1. The zero-order chi connectivity index (χ0) is 65.7. The van der Waals surface area contributed by atoms with E-state index >= 15 is 0 Å². The van der Waals surface area contributed by atoms with Gasteiger partial charge in [-0.25, -0.2) is 38.3 Å². The van der Waals surface area contributed by atoms with Crippen molar-refractivity contribution in [2.45, 2.75) is 83.7 Å². The van der Waals surface area contributed by atoms with E-state index in [1.54, 1.807) is 62.4 Å². The average molecular weight is 1270 g/mol. The Bertz CT molecular complexity index is 3300. The maximum Gasteiger partial charge on any atom is 0.407 e. The van der Waals surface area contributed by atoms with Crippen molar-refractivity contribution in [3.05, 3.63) is 96.1 Å². The number of ether oxygens (including phenoxy) is 6. The molecule has 9 amide bonds. The number of aromatic amines is 1. The summed E-state index contributed by atoms with van der Waals surface area (Å²) in [6.45, 7) is 4.78. The normalized spacial score (nSPS) is 13.0. The zero-order valence-corrected chi connectivity index (χ0v) is 50.0. The van der Waals surface area contributed by atoms with Gasteiger partial charge < -0.3 is 81.9 Å². The topological polar surface area (TPSA) is 424 Å². The molecule has 0 bridgehead atoms. The Kier molecular flexibility index (Phi) is 28.5. The summed E-state index contributed by atoms with van der Waals surface area (Å²) in [7, 11) is 0. The number of urea groups is 1. The summed E-state index contributed by atoms with van der Waals surface area (Å²) < 4.78 is 59.8. The van der Waals surface area contributed by atoms with Crippen LogP contribution in [0.25, 0.3) is 33.7 Å². The number of aromatic nitrogens is 5. The van der Waals surface area contributed by atoms with Crippen LogP contribution in [0.3, 0.4) is 0 Å². The monoisotopic (exact) mass is 1270 g/mol. The average Bonchev–Trinajstić information content (AvgIpc) is 1.82. The van der Waals surface area contributed by atoms with E-state index in [0.717, 1.165) is 4.90 Å². The number of anilines is 1. The minimum Gasteiger partial charge on any atom is -0.481 e. The molecule has 30 nitrogen and oxygen atoms in total. The number of carbonyl (C=O) groups excluding carboxylic acids is 8. The van der Waals surface area contributed by atoms with Gasteiger partial charge in [-0.15, -0.1) is 0 Å². The van der Waals surface area contributed by atoms with Crippen LogP contribution in [0, 0.1) is 5.92 Å². The van der Waals surface area contributed by atoms with E-state index in [1.807, 2.05) is 0 Å². The lowest BCUT2D eigenvalue weighted by Crippen LogP contribution is -2.58. The van der Waals surface area contributed by atoms with Crippen LogP contribution < -0.4 is 48.1 Å². The molecule has 2 aromatic carbocycles. The van der Waals surface area contributed by atoms with Gasteiger partial charge in [0.05, 0.1) is 101 Å². The van der Waals surface area contributed by atoms with Crippen molar-refractivity contribution in [1.29, 1.82) is 0 Å². The van der Waals surface area contributed by atoms with Crippen LogP contribution in [0.1, 0.15) is 69.5 Å². The number of H-pyrrole nitrogens is 1. The van der Waals surface area contributed by atoms with Crippen LogP contribution in [0.5, 0.6) is 5.88 Å². The minimum atomic E-state index is -2.78. The summed E-state index contributed by atoms with van der Waals surface area (Å²) >= 11 is 0. The van der Waals surface area contributed by atoms with Crippen LogP contribution in [-0.2, 0) is 70.4 Å². The Morgan fingerprint density at radius 1 is 0.714 bits per heavy atom. The fraction of sp³-hybridized carbons (Fsp3) is 0.441. The Balaban J connectivity index is 0.917. The number of nitrogens with two attached hydrogens (primary N) is 2. The minimum absolute atomic E-state index is 0.000348. The fourth-order valence-corrected chi connectivity index (χ4v) is 8.63. The van der Waals surface area contributed by atoms with E-state index in [2.05, 4.69) is 56.8 Å². The van der Waals surface area contributed by atoms with E-state index in [9.17, 15) is 57.0 Å². The molecule has 0 spiro atoms. The number of primary amides is 1. The number of aliphatic carboxylic acids is 1. The second kappa shape index (κ2) is 36.8. The number of imide groups is 1. The van der Waals surface area contributed by atoms with Crippen LogP contribution >= 0.6 is 0 Å². The number of hydrogen-bond acceptors (Lipinski definition) is 20. The molecule has 91 heavy (non-hydrogen) atoms. The first-order chi connectivity index (χ1) is 43.8. The molecule has 12 N–H and O–H groups in total.